The minimum Gasteiger partial charge on any atom is -0.384 e. The average molecular weight is 276 g/mol. The van der Waals surface area contributed by atoms with Gasteiger partial charge in [-0.05, 0) is 47.7 Å². The first kappa shape index (κ1) is 10.6. The maximum Gasteiger partial charge on any atom is 0.104 e. The van der Waals surface area contributed by atoms with Crippen LogP contribution < -0.4 is 0 Å². The molecule has 0 aromatic carbocycles. The zero-order chi connectivity index (χ0) is 10.2. The molecule has 2 nitrogen and oxygen atoms in total. The molecule has 1 saturated heterocycles. The van der Waals surface area contributed by atoms with E-state index in [4.69, 9.17) is 0 Å². The molecule has 0 bridgehead atoms. The molecule has 1 aliphatic heterocycles. The summed E-state index contributed by atoms with van der Waals surface area (Å²) < 4.78 is 1.04. The number of hydrogen-bond acceptors (Lipinski definition) is 3. The Kier molecular flexibility index (Phi) is 2.98. The summed E-state index contributed by atoms with van der Waals surface area (Å²) in [6, 6.07) is 0. The second-order valence-corrected chi connectivity index (χ2v) is 5.60. The van der Waals surface area contributed by atoms with Crippen LogP contribution in [0.2, 0.25) is 0 Å². The quantitative estimate of drug-likeness (QED) is 0.851. The molecule has 1 atom stereocenters. The number of hydrogen-bond donors (Lipinski definition) is 1. The van der Waals surface area contributed by atoms with E-state index in [1.165, 1.54) is 0 Å². The highest BCUT2D eigenvalue weighted by Crippen LogP contribution is 2.37. The number of halogens is 1. The summed E-state index contributed by atoms with van der Waals surface area (Å²) in [6.07, 6.45) is 1.93. The van der Waals surface area contributed by atoms with Crippen molar-refractivity contribution in [1.29, 1.82) is 0 Å². The second kappa shape index (κ2) is 3.93. The van der Waals surface area contributed by atoms with E-state index in [0.717, 1.165) is 36.0 Å². The predicted octanol–water partition coefficient (Wildman–Crippen LogP) is 2.42. The molecule has 1 unspecified atom stereocenters. The first-order chi connectivity index (χ1) is 6.62. The SMILES string of the molecule is CN1CCCC(O)(c2cscc2Br)C1. The maximum absolute atomic E-state index is 10.5. The van der Waals surface area contributed by atoms with Gasteiger partial charge in [-0.1, -0.05) is 0 Å². The van der Waals surface area contributed by atoms with Gasteiger partial charge in [-0.3, -0.25) is 0 Å². The molecule has 4 heteroatoms. The number of thiophene rings is 1. The molecular formula is C10H14BrNOS. The van der Waals surface area contributed by atoms with Gasteiger partial charge in [0.15, 0.2) is 0 Å². The van der Waals surface area contributed by atoms with Crippen molar-refractivity contribution in [3.8, 4) is 0 Å². The predicted molar refractivity (Wildman–Crippen MR) is 62.6 cm³/mol. The van der Waals surface area contributed by atoms with E-state index in [1.807, 2.05) is 10.8 Å². The van der Waals surface area contributed by atoms with Gasteiger partial charge in [-0.25, -0.2) is 0 Å². The van der Waals surface area contributed by atoms with Gasteiger partial charge in [0.25, 0.3) is 0 Å². The molecule has 1 aromatic rings. The standard InChI is InChI=1S/C10H14BrNOS/c1-12-4-2-3-10(13,7-12)8-5-14-6-9(8)11/h5-6,13H,2-4,7H2,1H3. The smallest absolute Gasteiger partial charge is 0.104 e. The highest BCUT2D eigenvalue weighted by molar-refractivity contribution is 9.10. The van der Waals surface area contributed by atoms with Crippen molar-refractivity contribution in [3.05, 3.63) is 20.8 Å². The van der Waals surface area contributed by atoms with Crippen molar-refractivity contribution in [1.82, 2.24) is 4.90 Å². The summed E-state index contributed by atoms with van der Waals surface area (Å²) in [6.45, 7) is 1.83. The number of aliphatic hydroxyl groups is 1. The average Bonchev–Trinajstić information content (AvgIpc) is 2.51. The van der Waals surface area contributed by atoms with E-state index in [-0.39, 0.29) is 0 Å². The van der Waals surface area contributed by atoms with E-state index < -0.39 is 5.60 Å². The Bertz CT molecular complexity index is 328. The molecule has 1 aliphatic rings. The normalized spacial score (nSPS) is 29.4. The molecule has 78 valence electrons. The van der Waals surface area contributed by atoms with Crippen LogP contribution in [0.1, 0.15) is 18.4 Å². The van der Waals surface area contributed by atoms with Crippen LogP contribution in [0.3, 0.4) is 0 Å². The molecule has 1 fully saturated rings. The largest absolute Gasteiger partial charge is 0.384 e. The Balaban J connectivity index is 2.27. The molecule has 0 radical (unpaired) electrons. The zero-order valence-corrected chi connectivity index (χ0v) is 10.6. The molecule has 1 N–H and O–H groups in total. The molecule has 0 aliphatic carbocycles. The summed E-state index contributed by atoms with van der Waals surface area (Å²) in [5.41, 5.74) is 0.403. The summed E-state index contributed by atoms with van der Waals surface area (Å²) >= 11 is 5.12. The number of likely N-dealkylation sites (tertiary alicyclic amines) is 1. The van der Waals surface area contributed by atoms with Gasteiger partial charge in [0.05, 0.1) is 0 Å². The highest BCUT2D eigenvalue weighted by atomic mass is 79.9. The van der Waals surface area contributed by atoms with Crippen LogP contribution in [-0.2, 0) is 5.60 Å². The van der Waals surface area contributed by atoms with Crippen molar-refractivity contribution in [2.24, 2.45) is 0 Å². The Hall–Kier alpha value is 0.100. The van der Waals surface area contributed by atoms with Crippen molar-refractivity contribution < 1.29 is 5.11 Å². The van der Waals surface area contributed by atoms with Gasteiger partial charge < -0.3 is 10.0 Å². The Morgan fingerprint density at radius 3 is 2.93 bits per heavy atom. The van der Waals surface area contributed by atoms with E-state index in [1.54, 1.807) is 11.3 Å². The van der Waals surface area contributed by atoms with Crippen LogP contribution >= 0.6 is 27.3 Å². The Morgan fingerprint density at radius 2 is 2.36 bits per heavy atom. The third-order valence-corrected chi connectivity index (χ3v) is 4.48. The van der Waals surface area contributed by atoms with E-state index in [2.05, 4.69) is 27.9 Å². The van der Waals surface area contributed by atoms with Gasteiger partial charge in [0.2, 0.25) is 0 Å². The second-order valence-electron chi connectivity index (χ2n) is 4.01. The maximum atomic E-state index is 10.5. The van der Waals surface area contributed by atoms with Crippen LogP contribution in [-0.4, -0.2) is 30.1 Å². The van der Waals surface area contributed by atoms with Crippen molar-refractivity contribution >= 4 is 27.3 Å². The topological polar surface area (TPSA) is 23.5 Å². The Morgan fingerprint density at radius 1 is 1.57 bits per heavy atom. The summed E-state index contributed by atoms with van der Waals surface area (Å²) in [5, 5.41) is 14.6. The molecule has 0 amide bonds. The fourth-order valence-corrected chi connectivity index (χ4v) is 3.84. The number of β-amino-alcohol motifs (C(OH)–C–C–N with tert-alkyl or cyclic N) is 1. The lowest BCUT2D eigenvalue weighted by atomic mass is 9.88. The first-order valence-electron chi connectivity index (χ1n) is 4.75. The van der Waals surface area contributed by atoms with Crippen molar-refractivity contribution in [2.75, 3.05) is 20.1 Å². The molecule has 0 saturated carbocycles. The number of rotatable bonds is 1. The summed E-state index contributed by atoms with van der Waals surface area (Å²) in [7, 11) is 2.06. The number of piperidine rings is 1. The van der Waals surface area contributed by atoms with Crippen molar-refractivity contribution in [3.63, 3.8) is 0 Å². The van der Waals surface area contributed by atoms with Crippen LogP contribution in [0.4, 0.5) is 0 Å². The van der Waals surface area contributed by atoms with Crippen LogP contribution in [0.25, 0.3) is 0 Å². The first-order valence-corrected chi connectivity index (χ1v) is 6.48. The fourth-order valence-electron chi connectivity index (χ4n) is 2.08. The van der Waals surface area contributed by atoms with Gasteiger partial charge in [0.1, 0.15) is 5.60 Å². The molecule has 2 rings (SSSR count). The number of likely N-dealkylation sites (N-methyl/N-ethyl adjacent to an activating group) is 1. The third-order valence-electron chi connectivity index (χ3n) is 2.78. The zero-order valence-electron chi connectivity index (χ0n) is 8.16. The lowest BCUT2D eigenvalue weighted by Gasteiger charge is -2.37. The van der Waals surface area contributed by atoms with E-state index in [9.17, 15) is 5.11 Å². The van der Waals surface area contributed by atoms with E-state index in [0.29, 0.717) is 0 Å². The lowest BCUT2D eigenvalue weighted by Crippen LogP contribution is -2.44. The van der Waals surface area contributed by atoms with E-state index >= 15 is 0 Å². The summed E-state index contributed by atoms with van der Waals surface area (Å²) in [4.78, 5) is 2.19. The van der Waals surface area contributed by atoms with Crippen molar-refractivity contribution in [2.45, 2.75) is 18.4 Å². The van der Waals surface area contributed by atoms with Crippen LogP contribution in [0, 0.1) is 0 Å². The third kappa shape index (κ3) is 1.89. The number of nitrogens with zero attached hydrogens (tertiary/aromatic N) is 1. The fraction of sp³-hybridized carbons (Fsp3) is 0.600. The molecule has 2 heterocycles. The Labute approximate surface area is 96.7 Å². The van der Waals surface area contributed by atoms with Crippen LogP contribution in [0.15, 0.2) is 15.2 Å². The van der Waals surface area contributed by atoms with Crippen LogP contribution in [0.5, 0.6) is 0 Å². The molecular weight excluding hydrogens is 262 g/mol. The van der Waals surface area contributed by atoms with Gasteiger partial charge in [-0.15, -0.1) is 0 Å². The van der Waals surface area contributed by atoms with Gasteiger partial charge in [-0.2, -0.15) is 11.3 Å². The minimum absolute atomic E-state index is 0.647. The monoisotopic (exact) mass is 275 g/mol. The minimum atomic E-state index is -0.647. The highest BCUT2D eigenvalue weighted by Gasteiger charge is 2.35. The molecule has 0 spiro atoms. The summed E-state index contributed by atoms with van der Waals surface area (Å²) in [5.74, 6) is 0. The molecule has 1 aromatic heterocycles. The lowest BCUT2D eigenvalue weighted by molar-refractivity contribution is -0.0279. The van der Waals surface area contributed by atoms with Gasteiger partial charge in [0, 0.05) is 22.0 Å². The molecule has 14 heavy (non-hydrogen) atoms. The van der Waals surface area contributed by atoms with Gasteiger partial charge >= 0.3 is 0 Å².